The number of thiazole rings is 1. The third kappa shape index (κ3) is 7.07. The van der Waals surface area contributed by atoms with Crippen LogP contribution < -0.4 is 4.80 Å². The molecule has 2 aromatic carbocycles. The molecule has 3 aromatic rings. The Labute approximate surface area is 197 Å². The first-order valence-corrected chi connectivity index (χ1v) is 14.8. The highest BCUT2D eigenvalue weighted by Gasteiger charge is 2.16. The summed E-state index contributed by atoms with van der Waals surface area (Å²) in [5.41, 5.74) is 1.40. The van der Waals surface area contributed by atoms with Gasteiger partial charge in [-0.2, -0.15) is 4.99 Å². The van der Waals surface area contributed by atoms with Crippen molar-refractivity contribution in [1.82, 2.24) is 4.57 Å². The van der Waals surface area contributed by atoms with E-state index in [2.05, 4.69) is 4.99 Å². The van der Waals surface area contributed by atoms with Gasteiger partial charge in [-0.05, 0) is 30.7 Å². The van der Waals surface area contributed by atoms with Gasteiger partial charge < -0.3 is 9.30 Å². The molecule has 1 heterocycles. The fourth-order valence-corrected chi connectivity index (χ4v) is 6.36. The first-order valence-electron chi connectivity index (χ1n) is 10.3. The predicted molar refractivity (Wildman–Crippen MR) is 129 cm³/mol. The van der Waals surface area contributed by atoms with Crippen molar-refractivity contribution in [1.29, 1.82) is 0 Å². The van der Waals surface area contributed by atoms with Crippen LogP contribution in [0.1, 0.15) is 18.9 Å². The van der Waals surface area contributed by atoms with Gasteiger partial charge in [0.25, 0.3) is 0 Å². The summed E-state index contributed by atoms with van der Waals surface area (Å²) in [6.45, 7) is 3.22. The molecule has 8 nitrogen and oxygen atoms in total. The number of fused-ring (bicyclic) bond motifs is 1. The first-order chi connectivity index (χ1) is 15.6. The zero-order chi connectivity index (χ0) is 24.1. The Hall–Kier alpha value is -2.34. The van der Waals surface area contributed by atoms with Crippen molar-refractivity contribution in [2.45, 2.75) is 30.5 Å². The predicted octanol–water partition coefficient (Wildman–Crippen LogP) is 2.58. The molecule has 33 heavy (non-hydrogen) atoms. The van der Waals surface area contributed by atoms with Crippen LogP contribution in [0, 0.1) is 0 Å². The maximum Gasteiger partial charge on any atom is 0.249 e. The van der Waals surface area contributed by atoms with Crippen molar-refractivity contribution in [2.24, 2.45) is 4.99 Å². The van der Waals surface area contributed by atoms with Crippen LogP contribution in [0.3, 0.4) is 0 Å². The minimum absolute atomic E-state index is 0.132. The van der Waals surface area contributed by atoms with Crippen molar-refractivity contribution >= 4 is 47.1 Å². The van der Waals surface area contributed by atoms with Gasteiger partial charge >= 0.3 is 0 Å². The topological polar surface area (TPSA) is 112 Å². The number of carbonyl (C=O) groups is 1. The van der Waals surface area contributed by atoms with E-state index in [0.717, 1.165) is 11.8 Å². The molecule has 0 spiro atoms. The van der Waals surface area contributed by atoms with Crippen LogP contribution in [0.4, 0.5) is 0 Å². The molecule has 178 valence electrons. The van der Waals surface area contributed by atoms with E-state index in [0.29, 0.717) is 34.8 Å². The summed E-state index contributed by atoms with van der Waals surface area (Å²) in [6.07, 6.45) is 0.902. The molecular weight excluding hydrogens is 484 g/mol. The number of amides is 1. The lowest BCUT2D eigenvalue weighted by Gasteiger charge is -2.06. The molecule has 0 aliphatic carbocycles. The van der Waals surface area contributed by atoms with Gasteiger partial charge in [0.2, 0.25) is 5.91 Å². The van der Waals surface area contributed by atoms with E-state index in [9.17, 15) is 21.6 Å². The average molecular weight is 511 g/mol. The van der Waals surface area contributed by atoms with Crippen LogP contribution in [-0.2, 0) is 41.5 Å². The molecule has 0 unspecified atom stereocenters. The molecule has 0 N–H and O–H groups in total. The third-order valence-electron chi connectivity index (χ3n) is 4.82. The smallest absolute Gasteiger partial charge is 0.249 e. The Balaban J connectivity index is 1.86. The average Bonchev–Trinajstić information content (AvgIpc) is 3.09. The van der Waals surface area contributed by atoms with Crippen molar-refractivity contribution in [3.63, 3.8) is 0 Å². The van der Waals surface area contributed by atoms with Gasteiger partial charge in [-0.25, -0.2) is 16.8 Å². The second kappa shape index (κ2) is 10.7. The molecule has 0 bridgehead atoms. The van der Waals surface area contributed by atoms with E-state index < -0.39 is 25.6 Å². The van der Waals surface area contributed by atoms with Crippen molar-refractivity contribution in [3.8, 4) is 0 Å². The number of aromatic nitrogens is 1. The van der Waals surface area contributed by atoms with Crippen molar-refractivity contribution in [3.05, 3.63) is 58.9 Å². The van der Waals surface area contributed by atoms with E-state index in [1.807, 2.05) is 13.0 Å². The summed E-state index contributed by atoms with van der Waals surface area (Å²) < 4.78 is 56.5. The zero-order valence-electron chi connectivity index (χ0n) is 18.4. The maximum absolute atomic E-state index is 12.5. The van der Waals surface area contributed by atoms with Gasteiger partial charge in [-0.15, -0.1) is 0 Å². The summed E-state index contributed by atoms with van der Waals surface area (Å²) in [6, 6.07) is 13.6. The lowest BCUT2D eigenvalue weighted by Crippen LogP contribution is -2.20. The summed E-state index contributed by atoms with van der Waals surface area (Å²) in [7, 11) is -6.85. The molecule has 0 aliphatic rings. The number of ether oxygens (including phenoxy) is 1. The minimum atomic E-state index is -3.47. The summed E-state index contributed by atoms with van der Waals surface area (Å²) in [5, 5.41) is 0. The molecule has 0 radical (unpaired) electrons. The van der Waals surface area contributed by atoms with Gasteiger partial charge in [0.15, 0.2) is 24.5 Å². The highest BCUT2D eigenvalue weighted by Crippen LogP contribution is 2.22. The zero-order valence-corrected chi connectivity index (χ0v) is 20.9. The summed E-state index contributed by atoms with van der Waals surface area (Å²) in [5.74, 6) is -0.981. The van der Waals surface area contributed by atoms with E-state index >= 15 is 0 Å². The first kappa shape index (κ1) is 25.3. The normalized spacial score (nSPS) is 13.0. The standard InChI is InChI=1S/C22H26N2O6S3/c1-3-30-13-12-24-19-10-9-18(32(2,26)27)15-20(19)31-22(24)23-21(25)11-14-33(28,29)16-17-7-5-4-6-8-17/h4-10,15H,3,11-14,16H2,1-2H3. The fourth-order valence-electron chi connectivity index (χ4n) is 3.19. The number of hydrogen-bond acceptors (Lipinski definition) is 7. The largest absolute Gasteiger partial charge is 0.380 e. The molecule has 0 aliphatic heterocycles. The van der Waals surface area contributed by atoms with Crippen LogP contribution in [0.25, 0.3) is 10.2 Å². The quantitative estimate of drug-likeness (QED) is 0.388. The molecule has 0 saturated heterocycles. The van der Waals surface area contributed by atoms with Crippen LogP contribution >= 0.6 is 11.3 Å². The van der Waals surface area contributed by atoms with Crippen LogP contribution in [0.5, 0.6) is 0 Å². The fraction of sp³-hybridized carbons (Fsp3) is 0.364. The maximum atomic E-state index is 12.5. The number of carbonyl (C=O) groups excluding carboxylic acids is 1. The molecule has 1 aromatic heterocycles. The van der Waals surface area contributed by atoms with E-state index in [1.54, 1.807) is 41.0 Å². The molecular formula is C22H26N2O6S3. The van der Waals surface area contributed by atoms with Gasteiger partial charge in [0, 0.05) is 25.8 Å². The van der Waals surface area contributed by atoms with Gasteiger partial charge in [-0.1, -0.05) is 41.7 Å². The van der Waals surface area contributed by atoms with Crippen LogP contribution in [-0.4, -0.2) is 52.5 Å². The molecule has 3 rings (SSSR count). The van der Waals surface area contributed by atoms with Crippen molar-refractivity contribution < 1.29 is 26.4 Å². The number of nitrogens with zero attached hydrogens (tertiary/aromatic N) is 2. The van der Waals surface area contributed by atoms with Gasteiger partial charge in [-0.3, -0.25) is 4.79 Å². The molecule has 0 fully saturated rings. The monoisotopic (exact) mass is 510 g/mol. The molecule has 1 amide bonds. The third-order valence-corrected chi connectivity index (χ3v) is 8.57. The van der Waals surface area contributed by atoms with E-state index in [1.165, 1.54) is 17.4 Å². The lowest BCUT2D eigenvalue weighted by atomic mass is 10.2. The highest BCUT2D eigenvalue weighted by atomic mass is 32.2. The summed E-state index contributed by atoms with van der Waals surface area (Å²) in [4.78, 5) is 17.2. The number of rotatable bonds is 10. The van der Waals surface area contributed by atoms with Gasteiger partial charge in [0.1, 0.15) is 0 Å². The van der Waals surface area contributed by atoms with Crippen LogP contribution in [0.15, 0.2) is 58.4 Å². The molecule has 0 saturated carbocycles. The van der Waals surface area contributed by atoms with E-state index in [4.69, 9.17) is 4.74 Å². The Morgan fingerprint density at radius 1 is 1.09 bits per heavy atom. The second-order valence-electron chi connectivity index (χ2n) is 7.47. The molecule has 0 atom stereocenters. The SMILES string of the molecule is CCOCCn1c(=NC(=O)CCS(=O)(=O)Cc2ccccc2)sc2cc(S(C)(=O)=O)ccc21. The Kier molecular flexibility index (Phi) is 8.22. The lowest BCUT2D eigenvalue weighted by molar-refractivity contribution is -0.117. The van der Waals surface area contributed by atoms with Crippen LogP contribution in [0.2, 0.25) is 0 Å². The Bertz CT molecular complexity index is 1410. The minimum Gasteiger partial charge on any atom is -0.380 e. The Morgan fingerprint density at radius 3 is 2.48 bits per heavy atom. The second-order valence-corrected chi connectivity index (χ2v) is 12.7. The van der Waals surface area contributed by atoms with Crippen molar-refractivity contribution in [2.75, 3.05) is 25.2 Å². The number of benzene rings is 2. The molecule has 11 heteroatoms. The van der Waals surface area contributed by atoms with E-state index in [-0.39, 0.29) is 22.8 Å². The number of hydrogen-bond donors (Lipinski definition) is 0. The Morgan fingerprint density at radius 2 is 1.82 bits per heavy atom. The van der Waals surface area contributed by atoms with Gasteiger partial charge in [0.05, 0.1) is 33.2 Å². The number of sulfone groups is 2. The summed E-state index contributed by atoms with van der Waals surface area (Å²) >= 11 is 1.18. The highest BCUT2D eigenvalue weighted by molar-refractivity contribution is 7.91.